The lowest BCUT2D eigenvalue weighted by atomic mass is 9.74. The zero-order valence-electron chi connectivity index (χ0n) is 19.7. The average molecular weight is 455 g/mol. The number of nitrogen functional groups attached to an aromatic ring is 1. The highest BCUT2D eigenvalue weighted by molar-refractivity contribution is 6.07. The lowest BCUT2D eigenvalue weighted by molar-refractivity contribution is -0.131. The van der Waals surface area contributed by atoms with Crippen LogP contribution in [0.15, 0.2) is 18.3 Å². The molecule has 3 aliphatic rings. The number of carbonyl (C=O) groups is 2. The third kappa shape index (κ3) is 5.47. The number of nitrogens with zero attached hydrogens (tertiary/aromatic N) is 2. The van der Waals surface area contributed by atoms with Crippen LogP contribution in [0.3, 0.4) is 0 Å². The fraction of sp³-hybridized carbons (Fsp3) is 0.680. The van der Waals surface area contributed by atoms with Gasteiger partial charge < -0.3 is 16.4 Å². The summed E-state index contributed by atoms with van der Waals surface area (Å²) in [6.07, 6.45) is 14.4. The summed E-state index contributed by atoms with van der Waals surface area (Å²) in [4.78, 5) is 31.4. The van der Waals surface area contributed by atoms with Crippen molar-refractivity contribution >= 4 is 23.6 Å². The van der Waals surface area contributed by atoms with Crippen LogP contribution < -0.4 is 16.4 Å². The lowest BCUT2D eigenvalue weighted by Gasteiger charge is -2.36. The van der Waals surface area contributed by atoms with E-state index in [0.29, 0.717) is 23.2 Å². The van der Waals surface area contributed by atoms with Gasteiger partial charge in [0.05, 0.1) is 5.56 Å². The quantitative estimate of drug-likeness (QED) is 0.502. The molecule has 1 aromatic rings. The zero-order valence-corrected chi connectivity index (χ0v) is 19.7. The molecule has 2 aliphatic carbocycles. The molecule has 5 N–H and O–H groups in total. The van der Waals surface area contributed by atoms with Crippen LogP contribution in [0.25, 0.3) is 0 Å². The van der Waals surface area contributed by atoms with Gasteiger partial charge in [-0.1, -0.05) is 44.9 Å². The molecule has 1 aromatic heterocycles. The summed E-state index contributed by atoms with van der Waals surface area (Å²) in [5, 5.41) is 14.7. The third-order valence-electron chi connectivity index (χ3n) is 7.91. The molecule has 0 aromatic carbocycles. The molecule has 8 heteroatoms. The van der Waals surface area contributed by atoms with Gasteiger partial charge in [-0.15, -0.1) is 0 Å². The van der Waals surface area contributed by atoms with Crippen LogP contribution >= 0.6 is 0 Å². The van der Waals surface area contributed by atoms with E-state index < -0.39 is 5.54 Å². The van der Waals surface area contributed by atoms with E-state index in [1.165, 1.54) is 43.2 Å². The molecule has 1 saturated heterocycles. The summed E-state index contributed by atoms with van der Waals surface area (Å²) in [6.45, 7) is 0. The second-order valence-electron chi connectivity index (χ2n) is 10.3. The van der Waals surface area contributed by atoms with Crippen molar-refractivity contribution in [1.82, 2.24) is 20.5 Å². The first kappa shape index (κ1) is 23.5. The van der Waals surface area contributed by atoms with Crippen molar-refractivity contribution in [1.29, 1.82) is 5.41 Å². The molecule has 8 nitrogen and oxygen atoms in total. The van der Waals surface area contributed by atoms with Crippen molar-refractivity contribution in [3.05, 3.63) is 23.9 Å². The molecule has 2 amide bonds. The topological polar surface area (TPSA) is 124 Å². The van der Waals surface area contributed by atoms with Gasteiger partial charge in [0, 0.05) is 19.3 Å². The highest BCUT2D eigenvalue weighted by Gasteiger charge is 2.49. The molecule has 0 radical (unpaired) electrons. The first-order valence-corrected chi connectivity index (χ1v) is 12.5. The van der Waals surface area contributed by atoms with E-state index in [1.54, 1.807) is 19.2 Å². The molecule has 2 heterocycles. The van der Waals surface area contributed by atoms with Crippen molar-refractivity contribution in [3.8, 4) is 0 Å². The molecule has 1 unspecified atom stereocenters. The van der Waals surface area contributed by atoms with Gasteiger partial charge in [0.1, 0.15) is 11.4 Å². The predicted octanol–water partition coefficient (Wildman–Crippen LogP) is 3.44. The normalized spacial score (nSPS) is 28.6. The number of rotatable bonds is 7. The highest BCUT2D eigenvalue weighted by atomic mass is 16.2. The Hall–Kier alpha value is -2.64. The van der Waals surface area contributed by atoms with Gasteiger partial charge >= 0.3 is 0 Å². The molecule has 33 heavy (non-hydrogen) atoms. The van der Waals surface area contributed by atoms with Gasteiger partial charge in [-0.25, -0.2) is 4.98 Å². The van der Waals surface area contributed by atoms with Crippen molar-refractivity contribution in [2.24, 2.45) is 11.8 Å². The fourth-order valence-electron chi connectivity index (χ4n) is 6.03. The van der Waals surface area contributed by atoms with Gasteiger partial charge in [0.25, 0.3) is 11.8 Å². The first-order chi connectivity index (χ1) is 15.9. The fourth-order valence-corrected chi connectivity index (χ4v) is 6.03. The second-order valence-corrected chi connectivity index (χ2v) is 10.3. The number of pyridine rings is 1. The minimum Gasteiger partial charge on any atom is -0.384 e. The Morgan fingerprint density at radius 2 is 1.97 bits per heavy atom. The number of hydrogen-bond acceptors (Lipinski definition) is 5. The highest BCUT2D eigenvalue weighted by Crippen LogP contribution is 2.38. The maximum absolute atomic E-state index is 13.3. The molecule has 4 rings (SSSR count). The minimum absolute atomic E-state index is 0.0300. The van der Waals surface area contributed by atoms with Gasteiger partial charge in [0.15, 0.2) is 5.96 Å². The van der Waals surface area contributed by atoms with E-state index in [4.69, 9.17) is 11.1 Å². The first-order valence-electron chi connectivity index (χ1n) is 12.5. The Labute approximate surface area is 196 Å². The Kier molecular flexibility index (Phi) is 7.20. The van der Waals surface area contributed by atoms with Crippen LogP contribution in [0.5, 0.6) is 0 Å². The second kappa shape index (κ2) is 10.1. The summed E-state index contributed by atoms with van der Waals surface area (Å²) < 4.78 is 0. The molecular weight excluding hydrogens is 416 g/mol. The number of guanidine groups is 1. The monoisotopic (exact) mass is 454 g/mol. The molecule has 0 spiro atoms. The van der Waals surface area contributed by atoms with E-state index >= 15 is 0 Å². The molecule has 180 valence electrons. The molecule has 2 saturated carbocycles. The van der Waals surface area contributed by atoms with E-state index in [0.717, 1.165) is 44.9 Å². The van der Waals surface area contributed by atoms with Crippen LogP contribution in [-0.2, 0) is 4.79 Å². The number of carbonyl (C=O) groups excluding carboxylic acids is 2. The standard InChI is InChI=1S/C25H38N6O2/c1-31-23(33)25(30-24(31)27,13-12-17-6-3-2-4-7-17)15-18-8-5-9-20(14-18)29-22(32)19-10-11-21(26)28-16-19/h10-11,16-18,20H,2-9,12-15H2,1H3,(H2,26,28)(H2,27,30)(H,29,32)/t18-,20?,25+/m0/s1. The van der Waals surface area contributed by atoms with Crippen LogP contribution in [0.4, 0.5) is 5.82 Å². The Balaban J connectivity index is 1.40. The molecular formula is C25H38N6O2. The van der Waals surface area contributed by atoms with Gasteiger partial charge in [-0.05, 0) is 56.1 Å². The van der Waals surface area contributed by atoms with E-state index in [-0.39, 0.29) is 23.8 Å². The number of anilines is 1. The Bertz CT molecular complexity index is 866. The lowest BCUT2D eigenvalue weighted by Crippen LogP contribution is -2.50. The van der Waals surface area contributed by atoms with Crippen LogP contribution in [-0.4, -0.2) is 46.3 Å². The number of hydrogen-bond donors (Lipinski definition) is 4. The average Bonchev–Trinajstić information content (AvgIpc) is 3.02. The summed E-state index contributed by atoms with van der Waals surface area (Å²) in [6, 6.07) is 3.41. The van der Waals surface area contributed by atoms with E-state index in [2.05, 4.69) is 15.6 Å². The van der Waals surface area contributed by atoms with Crippen LogP contribution in [0, 0.1) is 17.2 Å². The van der Waals surface area contributed by atoms with Crippen molar-refractivity contribution in [3.63, 3.8) is 0 Å². The summed E-state index contributed by atoms with van der Waals surface area (Å²) >= 11 is 0. The molecule has 3 fully saturated rings. The largest absolute Gasteiger partial charge is 0.384 e. The molecule has 3 atom stereocenters. The van der Waals surface area contributed by atoms with Crippen molar-refractivity contribution in [2.75, 3.05) is 12.8 Å². The third-order valence-corrected chi connectivity index (χ3v) is 7.91. The van der Waals surface area contributed by atoms with Crippen molar-refractivity contribution < 1.29 is 9.59 Å². The number of aromatic nitrogens is 1. The number of amides is 2. The van der Waals surface area contributed by atoms with Gasteiger partial charge in [-0.3, -0.25) is 19.9 Å². The maximum atomic E-state index is 13.3. The predicted molar refractivity (Wildman–Crippen MR) is 129 cm³/mol. The van der Waals surface area contributed by atoms with Crippen LogP contribution in [0.2, 0.25) is 0 Å². The number of nitrogens with two attached hydrogens (primary N) is 1. The summed E-state index contributed by atoms with van der Waals surface area (Å²) in [5.41, 5.74) is 5.46. The summed E-state index contributed by atoms with van der Waals surface area (Å²) in [7, 11) is 1.70. The molecule has 0 bridgehead atoms. The Morgan fingerprint density at radius 3 is 2.64 bits per heavy atom. The zero-order chi connectivity index (χ0) is 23.4. The number of likely N-dealkylation sites (N-methyl/N-ethyl adjacent to an activating group) is 1. The van der Waals surface area contributed by atoms with Gasteiger partial charge in [-0.2, -0.15) is 0 Å². The Morgan fingerprint density at radius 1 is 1.21 bits per heavy atom. The number of nitrogens with one attached hydrogen (secondary N) is 3. The van der Waals surface area contributed by atoms with Crippen LogP contribution in [0.1, 0.15) is 87.4 Å². The maximum Gasteiger partial charge on any atom is 0.254 e. The SMILES string of the molecule is CN1C(=N)N[C@](CCC2CCCCC2)(C[C@H]2CCCC(NC(=O)c3ccc(N)nc3)C2)C1=O. The summed E-state index contributed by atoms with van der Waals surface area (Å²) in [5.74, 6) is 1.53. The minimum atomic E-state index is -0.680. The van der Waals surface area contributed by atoms with E-state index in [1.807, 2.05) is 0 Å². The molecule has 1 aliphatic heterocycles. The van der Waals surface area contributed by atoms with Gasteiger partial charge in [0.2, 0.25) is 0 Å². The smallest absolute Gasteiger partial charge is 0.254 e. The van der Waals surface area contributed by atoms with Crippen molar-refractivity contribution in [2.45, 2.75) is 88.6 Å². The van der Waals surface area contributed by atoms with E-state index in [9.17, 15) is 9.59 Å².